The van der Waals surface area contributed by atoms with E-state index in [0.29, 0.717) is 26.9 Å². The molecule has 0 aliphatic rings. The van der Waals surface area contributed by atoms with Crippen LogP contribution in [0, 0.1) is 6.92 Å². The van der Waals surface area contributed by atoms with Gasteiger partial charge in [-0.2, -0.15) is 0 Å². The summed E-state index contributed by atoms with van der Waals surface area (Å²) in [5.41, 5.74) is 4.71. The van der Waals surface area contributed by atoms with Crippen LogP contribution in [0.2, 0.25) is 0 Å². The van der Waals surface area contributed by atoms with Crippen molar-refractivity contribution in [2.75, 3.05) is 5.32 Å². The first kappa shape index (κ1) is 26.8. The van der Waals surface area contributed by atoms with Crippen LogP contribution in [0.1, 0.15) is 42.3 Å². The summed E-state index contributed by atoms with van der Waals surface area (Å²) in [6, 6.07) is 23.1. The van der Waals surface area contributed by atoms with Gasteiger partial charge in [-0.05, 0) is 75.8 Å². The first-order valence-electron chi connectivity index (χ1n) is 12.3. The van der Waals surface area contributed by atoms with Crippen LogP contribution in [0.4, 0.5) is 5.69 Å². The molecule has 0 spiro atoms. The van der Waals surface area contributed by atoms with Crippen molar-refractivity contribution in [1.29, 1.82) is 0 Å². The van der Waals surface area contributed by atoms with Gasteiger partial charge in [0.2, 0.25) is 0 Å². The van der Waals surface area contributed by atoms with Gasteiger partial charge in [-0.3, -0.25) is 4.79 Å². The van der Waals surface area contributed by atoms with Crippen LogP contribution in [-0.2, 0) is 15.4 Å². The molecule has 1 amide bonds. The van der Waals surface area contributed by atoms with E-state index in [9.17, 15) is 13.2 Å². The van der Waals surface area contributed by atoms with Gasteiger partial charge in [0.05, 0.1) is 10.6 Å². The van der Waals surface area contributed by atoms with Crippen LogP contribution >= 0.6 is 15.9 Å². The lowest BCUT2D eigenvalue weighted by Gasteiger charge is -2.19. The Kier molecular flexibility index (Phi) is 6.90. The molecule has 39 heavy (non-hydrogen) atoms. The quantitative estimate of drug-likeness (QED) is 0.235. The lowest BCUT2D eigenvalue weighted by molar-refractivity contribution is 0.102. The SMILES string of the molecule is Cc1c(NC(=O)c2ccc(C(C)(C)C)cc2)cccc1-c1ncnc2c1cc(Br)n2S(=O)(=O)c1ccccc1. The molecule has 3 aromatic carbocycles. The number of nitrogens with one attached hydrogen (secondary N) is 1. The van der Waals surface area contributed by atoms with Gasteiger partial charge in [0.25, 0.3) is 15.9 Å². The lowest BCUT2D eigenvalue weighted by Crippen LogP contribution is -2.15. The van der Waals surface area contributed by atoms with Crippen molar-refractivity contribution in [3.8, 4) is 11.3 Å². The summed E-state index contributed by atoms with van der Waals surface area (Å²) in [5.74, 6) is -0.216. The van der Waals surface area contributed by atoms with Crippen molar-refractivity contribution in [3.05, 3.63) is 106 Å². The average Bonchev–Trinajstić information content (AvgIpc) is 3.26. The van der Waals surface area contributed by atoms with E-state index in [1.54, 1.807) is 36.4 Å². The highest BCUT2D eigenvalue weighted by molar-refractivity contribution is 9.10. The zero-order chi connectivity index (χ0) is 27.9. The van der Waals surface area contributed by atoms with Crippen molar-refractivity contribution in [1.82, 2.24) is 13.9 Å². The fraction of sp³-hybridized carbons (Fsp3) is 0.167. The Labute approximate surface area is 236 Å². The van der Waals surface area contributed by atoms with Crippen molar-refractivity contribution < 1.29 is 13.2 Å². The van der Waals surface area contributed by atoms with E-state index < -0.39 is 10.0 Å². The summed E-state index contributed by atoms with van der Waals surface area (Å²) in [4.78, 5) is 22.0. The van der Waals surface area contributed by atoms with Gasteiger partial charge in [-0.25, -0.2) is 22.4 Å². The topological polar surface area (TPSA) is 93.9 Å². The number of hydrogen-bond acceptors (Lipinski definition) is 5. The Morgan fingerprint density at radius 2 is 1.62 bits per heavy atom. The monoisotopic (exact) mass is 602 g/mol. The Morgan fingerprint density at radius 1 is 0.923 bits per heavy atom. The number of fused-ring (bicyclic) bond motifs is 1. The van der Waals surface area contributed by atoms with Crippen molar-refractivity contribution in [2.45, 2.75) is 38.0 Å². The van der Waals surface area contributed by atoms with Crippen LogP contribution in [0.25, 0.3) is 22.3 Å². The summed E-state index contributed by atoms with van der Waals surface area (Å²) in [6.07, 6.45) is 1.35. The molecule has 7 nitrogen and oxygen atoms in total. The van der Waals surface area contributed by atoms with E-state index in [1.165, 1.54) is 10.3 Å². The molecule has 1 N–H and O–H groups in total. The van der Waals surface area contributed by atoms with Crippen molar-refractivity contribution in [3.63, 3.8) is 0 Å². The molecule has 0 atom stereocenters. The molecule has 5 aromatic rings. The van der Waals surface area contributed by atoms with Crippen LogP contribution < -0.4 is 5.32 Å². The zero-order valence-electron chi connectivity index (χ0n) is 21.9. The molecule has 0 radical (unpaired) electrons. The number of carbonyl (C=O) groups is 1. The van der Waals surface area contributed by atoms with Crippen molar-refractivity contribution in [2.24, 2.45) is 0 Å². The number of hydrogen-bond donors (Lipinski definition) is 1. The summed E-state index contributed by atoms with van der Waals surface area (Å²) in [5, 5.41) is 3.58. The summed E-state index contributed by atoms with van der Waals surface area (Å²) in [6.45, 7) is 8.29. The third-order valence-corrected chi connectivity index (χ3v) is 9.18. The van der Waals surface area contributed by atoms with Crippen LogP contribution in [0.15, 0.2) is 94.7 Å². The van der Waals surface area contributed by atoms with E-state index in [-0.39, 0.29) is 21.9 Å². The molecular formula is C30H27BrN4O3S. The van der Waals surface area contributed by atoms with Gasteiger partial charge < -0.3 is 5.32 Å². The molecule has 198 valence electrons. The third kappa shape index (κ3) is 4.99. The lowest BCUT2D eigenvalue weighted by atomic mass is 9.86. The Balaban J connectivity index is 1.53. The number of anilines is 1. The molecule has 2 heterocycles. The summed E-state index contributed by atoms with van der Waals surface area (Å²) < 4.78 is 28.4. The molecule has 0 unspecified atom stereocenters. The van der Waals surface area contributed by atoms with Gasteiger partial charge in [0, 0.05) is 22.2 Å². The number of nitrogens with zero attached hydrogens (tertiary/aromatic N) is 3. The standard InChI is InChI=1S/C30H27BrN4O3S/c1-19-23(11-8-12-25(19)34-29(36)20-13-15-21(16-14-20)30(2,3)4)27-24-17-26(31)35(28(24)33-18-32-27)39(37,38)22-9-6-5-7-10-22/h5-18H,1-4H3,(H,34,36). The molecular weight excluding hydrogens is 576 g/mol. The maximum atomic E-state index is 13.5. The highest BCUT2D eigenvalue weighted by atomic mass is 79.9. The fourth-order valence-electron chi connectivity index (χ4n) is 4.44. The molecule has 0 saturated heterocycles. The highest BCUT2D eigenvalue weighted by Crippen LogP contribution is 2.36. The molecule has 5 rings (SSSR count). The van der Waals surface area contributed by atoms with Crippen LogP contribution in [0.3, 0.4) is 0 Å². The third-order valence-electron chi connectivity index (χ3n) is 6.64. The van der Waals surface area contributed by atoms with E-state index in [0.717, 1.165) is 16.7 Å². The van der Waals surface area contributed by atoms with Crippen LogP contribution in [-0.4, -0.2) is 28.3 Å². The number of aromatic nitrogens is 3. The maximum absolute atomic E-state index is 13.5. The summed E-state index contributed by atoms with van der Waals surface area (Å²) in [7, 11) is -3.91. The minimum Gasteiger partial charge on any atom is -0.322 e. The summed E-state index contributed by atoms with van der Waals surface area (Å²) >= 11 is 3.42. The normalized spacial score (nSPS) is 12.0. The molecule has 9 heteroatoms. The number of benzene rings is 3. The van der Waals surface area contributed by atoms with E-state index in [4.69, 9.17) is 0 Å². The highest BCUT2D eigenvalue weighted by Gasteiger charge is 2.25. The number of amides is 1. The molecule has 2 aromatic heterocycles. The van der Waals surface area contributed by atoms with E-state index >= 15 is 0 Å². The van der Waals surface area contributed by atoms with Crippen LogP contribution in [0.5, 0.6) is 0 Å². The molecule has 0 bridgehead atoms. The Morgan fingerprint density at radius 3 is 2.28 bits per heavy atom. The number of rotatable bonds is 5. The van der Waals surface area contributed by atoms with Gasteiger partial charge in [0.1, 0.15) is 10.9 Å². The van der Waals surface area contributed by atoms with E-state index in [2.05, 4.69) is 52.0 Å². The fourth-order valence-corrected chi connectivity index (χ4v) is 6.78. The second-order valence-electron chi connectivity index (χ2n) is 10.3. The smallest absolute Gasteiger partial charge is 0.270 e. The second-order valence-corrected chi connectivity index (χ2v) is 12.9. The van der Waals surface area contributed by atoms with Gasteiger partial charge in [-0.15, -0.1) is 0 Å². The largest absolute Gasteiger partial charge is 0.322 e. The molecule has 0 aliphatic carbocycles. The Bertz CT molecular complexity index is 1810. The molecule has 0 saturated carbocycles. The second kappa shape index (κ2) is 10.1. The van der Waals surface area contributed by atoms with Gasteiger partial charge in [-0.1, -0.05) is 63.2 Å². The van der Waals surface area contributed by atoms with E-state index in [1.807, 2.05) is 49.4 Å². The molecule has 0 fully saturated rings. The average molecular weight is 604 g/mol. The number of halogens is 1. The minimum atomic E-state index is -3.91. The maximum Gasteiger partial charge on any atom is 0.270 e. The Hall–Kier alpha value is -3.82. The predicted octanol–water partition coefficient (Wildman–Crippen LogP) is 6.96. The predicted molar refractivity (Wildman–Crippen MR) is 158 cm³/mol. The minimum absolute atomic E-state index is 0.00280. The first-order chi connectivity index (χ1) is 18.5. The van der Waals surface area contributed by atoms with Gasteiger partial charge in [0.15, 0.2) is 5.65 Å². The number of carbonyl (C=O) groups excluding carboxylic acids is 1. The molecule has 0 aliphatic heterocycles. The first-order valence-corrected chi connectivity index (χ1v) is 14.6. The van der Waals surface area contributed by atoms with Gasteiger partial charge >= 0.3 is 0 Å². The zero-order valence-corrected chi connectivity index (χ0v) is 24.3. The van der Waals surface area contributed by atoms with Crippen molar-refractivity contribution >= 4 is 48.6 Å².